The minimum absolute atomic E-state index is 0.486. The Hall–Kier alpha value is -7.81. The van der Waals surface area contributed by atoms with Crippen LogP contribution in [-0.4, -0.2) is 34.1 Å². The molecule has 0 spiro atoms. The molecular formula is C51H29N7S. The van der Waals surface area contributed by atoms with E-state index in [0.717, 1.165) is 27.4 Å². The molecule has 8 heteroatoms. The second-order valence-electron chi connectivity index (χ2n) is 14.9. The summed E-state index contributed by atoms with van der Waals surface area (Å²) in [6, 6.07) is 58.2. The van der Waals surface area contributed by atoms with Crippen molar-refractivity contribution in [2.24, 2.45) is 0 Å². The molecule has 7 nitrogen and oxygen atoms in total. The molecule has 6 aromatic heterocycles. The van der Waals surface area contributed by atoms with Crippen molar-refractivity contribution in [3.05, 3.63) is 176 Å². The smallest absolute Gasteiger partial charge is 0.238 e. The lowest BCUT2D eigenvalue weighted by Crippen LogP contribution is -2.07. The van der Waals surface area contributed by atoms with Gasteiger partial charge >= 0.3 is 0 Å². The number of thiophene rings is 1. The fourth-order valence-electron chi connectivity index (χ4n) is 9.11. The number of benzene rings is 7. The zero-order chi connectivity index (χ0) is 38.6. The van der Waals surface area contributed by atoms with Crippen LogP contribution in [0.3, 0.4) is 0 Å². The summed E-state index contributed by atoms with van der Waals surface area (Å²) in [5.41, 5.74) is 9.26. The van der Waals surface area contributed by atoms with Crippen LogP contribution < -0.4 is 0 Å². The van der Waals surface area contributed by atoms with Gasteiger partial charge in [-0.25, -0.2) is 4.98 Å². The maximum Gasteiger partial charge on any atom is 0.238 e. The van der Waals surface area contributed by atoms with Gasteiger partial charge in [0.15, 0.2) is 11.6 Å². The van der Waals surface area contributed by atoms with Crippen molar-refractivity contribution >= 4 is 85.9 Å². The van der Waals surface area contributed by atoms with Crippen LogP contribution in [0.15, 0.2) is 176 Å². The minimum atomic E-state index is 0.486. The second kappa shape index (κ2) is 12.3. The fraction of sp³-hybridized carbons (Fsp3) is 0. The van der Waals surface area contributed by atoms with Gasteiger partial charge in [0.05, 0.1) is 22.1 Å². The Kier molecular flexibility index (Phi) is 6.76. The van der Waals surface area contributed by atoms with Gasteiger partial charge in [-0.15, -0.1) is 11.3 Å². The summed E-state index contributed by atoms with van der Waals surface area (Å²) in [6.07, 6.45) is 3.51. The predicted molar refractivity (Wildman–Crippen MR) is 242 cm³/mol. The normalized spacial score (nSPS) is 12.1. The van der Waals surface area contributed by atoms with Crippen LogP contribution in [-0.2, 0) is 0 Å². The van der Waals surface area contributed by atoms with Crippen LogP contribution in [0, 0.1) is 0 Å². The van der Waals surface area contributed by atoms with Crippen LogP contribution in [0.5, 0.6) is 0 Å². The highest BCUT2D eigenvalue weighted by atomic mass is 32.1. The molecule has 0 aliphatic carbocycles. The number of hydrogen-bond acceptors (Lipinski definition) is 6. The molecule has 0 saturated heterocycles. The molecule has 0 N–H and O–H groups in total. The Morgan fingerprint density at radius 3 is 1.92 bits per heavy atom. The van der Waals surface area contributed by atoms with Gasteiger partial charge in [-0.05, 0) is 101 Å². The molecule has 0 fully saturated rings. The van der Waals surface area contributed by atoms with E-state index < -0.39 is 0 Å². The Morgan fingerprint density at radius 1 is 0.407 bits per heavy atom. The summed E-state index contributed by atoms with van der Waals surface area (Å²) in [4.78, 5) is 24.1. The van der Waals surface area contributed by atoms with Crippen LogP contribution in [0.4, 0.5) is 0 Å². The molecule has 0 amide bonds. The summed E-state index contributed by atoms with van der Waals surface area (Å²) >= 11 is 1.85. The third-order valence-corrected chi connectivity index (χ3v) is 12.8. The molecule has 0 unspecified atom stereocenters. The molecule has 6 heterocycles. The molecule has 0 aliphatic heterocycles. The van der Waals surface area contributed by atoms with Crippen LogP contribution in [0.25, 0.3) is 120 Å². The van der Waals surface area contributed by atoms with E-state index in [0.29, 0.717) is 29.0 Å². The third-order valence-electron chi connectivity index (χ3n) is 11.7. The van der Waals surface area contributed by atoms with Gasteiger partial charge in [-0.2, -0.15) is 9.97 Å². The first-order valence-corrected chi connectivity index (χ1v) is 20.4. The van der Waals surface area contributed by atoms with Crippen molar-refractivity contribution in [2.45, 2.75) is 0 Å². The lowest BCUT2D eigenvalue weighted by Gasteiger charge is -2.12. The Morgan fingerprint density at radius 2 is 1.10 bits per heavy atom. The van der Waals surface area contributed by atoms with Gasteiger partial charge in [-0.1, -0.05) is 84.9 Å². The molecular weight excluding hydrogens is 743 g/mol. The SMILES string of the molecule is c1ccc(-c2nc(-c3ccccn3)nc(-n3c4ccccc4c4cc(-c5ccc6c7c5ccc5cccc(c57)n6-c5ccc6sc7ccccc7c6c5)ccc43)n2)nc1. The molecule has 7 aromatic carbocycles. The van der Waals surface area contributed by atoms with E-state index in [2.05, 4.69) is 146 Å². The van der Waals surface area contributed by atoms with E-state index in [-0.39, 0.29) is 0 Å². The van der Waals surface area contributed by atoms with Gasteiger partial charge in [0.2, 0.25) is 5.95 Å². The zero-order valence-electron chi connectivity index (χ0n) is 31.3. The lowest BCUT2D eigenvalue weighted by molar-refractivity contribution is 0.943. The molecule has 0 saturated carbocycles. The molecule has 13 rings (SSSR count). The second-order valence-corrected chi connectivity index (χ2v) is 16.0. The number of aromatic nitrogens is 7. The van der Waals surface area contributed by atoms with Crippen LogP contribution in [0.1, 0.15) is 0 Å². The van der Waals surface area contributed by atoms with E-state index in [9.17, 15) is 0 Å². The Bertz CT molecular complexity index is 3730. The summed E-state index contributed by atoms with van der Waals surface area (Å²) in [5.74, 6) is 1.48. The van der Waals surface area contributed by atoms with Gasteiger partial charge in [0.25, 0.3) is 0 Å². The largest absolute Gasteiger partial charge is 0.309 e. The number of nitrogens with zero attached hydrogens (tertiary/aromatic N) is 7. The van der Waals surface area contributed by atoms with Crippen LogP contribution >= 0.6 is 11.3 Å². The topological polar surface area (TPSA) is 74.3 Å². The van der Waals surface area contributed by atoms with Crippen LogP contribution in [0.2, 0.25) is 0 Å². The van der Waals surface area contributed by atoms with Crippen molar-refractivity contribution in [1.29, 1.82) is 0 Å². The van der Waals surface area contributed by atoms with Gasteiger partial charge in [0, 0.05) is 59.8 Å². The number of pyridine rings is 2. The van der Waals surface area contributed by atoms with Crippen molar-refractivity contribution in [2.75, 3.05) is 0 Å². The third kappa shape index (κ3) is 4.78. The summed E-state index contributed by atoms with van der Waals surface area (Å²) in [5, 5.41) is 9.87. The number of hydrogen-bond donors (Lipinski definition) is 0. The molecule has 0 radical (unpaired) electrons. The van der Waals surface area contributed by atoms with Crippen molar-refractivity contribution < 1.29 is 0 Å². The van der Waals surface area contributed by atoms with Gasteiger partial charge in [-0.3, -0.25) is 14.5 Å². The monoisotopic (exact) mass is 771 g/mol. The highest BCUT2D eigenvalue weighted by molar-refractivity contribution is 7.25. The number of fused-ring (bicyclic) bond motifs is 6. The quantitative estimate of drug-likeness (QED) is 0.163. The van der Waals surface area contributed by atoms with Crippen molar-refractivity contribution in [3.8, 4) is 45.8 Å². The standard InChI is InChI=1S/C51H29N7S/c1-3-15-41-34(11-1)37-28-31(19-23-42(37)58(41)51-55-49(39-13-5-7-26-52-39)54-50(56-51)40-14-6-8-27-53-40)33-22-24-44-48-36(33)21-18-30-10-9-16-43(47(30)48)57(44)32-20-25-46-38(29-32)35-12-2-4-17-45(35)59-46/h1-29H. The van der Waals surface area contributed by atoms with Gasteiger partial charge in [0.1, 0.15) is 11.4 Å². The number of rotatable bonds is 5. The molecule has 13 aromatic rings. The molecule has 0 atom stereocenters. The highest BCUT2D eigenvalue weighted by Crippen LogP contribution is 2.44. The first kappa shape index (κ1) is 32.3. The van der Waals surface area contributed by atoms with Crippen molar-refractivity contribution in [3.63, 3.8) is 0 Å². The lowest BCUT2D eigenvalue weighted by atomic mass is 9.94. The first-order chi connectivity index (χ1) is 29.2. The fourth-order valence-corrected chi connectivity index (χ4v) is 10.2. The maximum absolute atomic E-state index is 5.04. The molecule has 0 bridgehead atoms. The van der Waals surface area contributed by atoms with Crippen molar-refractivity contribution in [1.82, 2.24) is 34.1 Å². The molecule has 274 valence electrons. The Balaban J connectivity index is 1.02. The first-order valence-electron chi connectivity index (χ1n) is 19.6. The average molecular weight is 772 g/mol. The number of para-hydroxylation sites is 1. The van der Waals surface area contributed by atoms with E-state index >= 15 is 0 Å². The zero-order valence-corrected chi connectivity index (χ0v) is 32.1. The molecule has 0 aliphatic rings. The van der Waals surface area contributed by atoms with E-state index in [1.54, 1.807) is 12.4 Å². The summed E-state index contributed by atoms with van der Waals surface area (Å²) < 4.78 is 7.20. The maximum atomic E-state index is 5.04. The Labute approximate surface area is 340 Å². The average Bonchev–Trinajstić information content (AvgIpc) is 3.96. The summed E-state index contributed by atoms with van der Waals surface area (Å²) in [6.45, 7) is 0. The highest BCUT2D eigenvalue weighted by Gasteiger charge is 2.22. The predicted octanol–water partition coefficient (Wildman–Crippen LogP) is 12.8. The minimum Gasteiger partial charge on any atom is -0.309 e. The van der Waals surface area contributed by atoms with E-state index in [1.807, 2.05) is 47.7 Å². The van der Waals surface area contributed by atoms with Gasteiger partial charge < -0.3 is 4.57 Å². The summed E-state index contributed by atoms with van der Waals surface area (Å²) in [7, 11) is 0. The molecule has 59 heavy (non-hydrogen) atoms. The van der Waals surface area contributed by atoms with E-state index in [4.69, 9.17) is 15.0 Å². The van der Waals surface area contributed by atoms with E-state index in [1.165, 1.54) is 64.0 Å².